The number of hydrogen-bond acceptors (Lipinski definition) is 0. The monoisotopic (exact) mass is 315 g/mol. The van der Waals surface area contributed by atoms with E-state index in [9.17, 15) is 8.78 Å². The van der Waals surface area contributed by atoms with Crippen LogP contribution in [-0.2, 0) is 0 Å². The van der Waals surface area contributed by atoms with Crippen molar-refractivity contribution >= 4 is 0 Å². The van der Waals surface area contributed by atoms with E-state index in [1.165, 1.54) is 0 Å². The molecule has 14 heavy (non-hydrogen) atoms. The molecule has 0 aromatic heterocycles. The van der Waals surface area contributed by atoms with Crippen molar-refractivity contribution in [3.05, 3.63) is 21.8 Å². The van der Waals surface area contributed by atoms with Gasteiger partial charge in [-0.05, 0) is 0 Å². The van der Waals surface area contributed by atoms with E-state index in [2.05, 4.69) is 6.58 Å². The Morgan fingerprint density at radius 3 is 2.21 bits per heavy atom. The van der Waals surface area contributed by atoms with Gasteiger partial charge in [0.1, 0.15) is 0 Å². The molecule has 0 N–H and O–H groups in total. The Labute approximate surface area is 95.7 Å². The van der Waals surface area contributed by atoms with E-state index in [1.54, 1.807) is 6.08 Å². The fraction of sp³-hybridized carbons (Fsp3) is 0.636. The summed E-state index contributed by atoms with van der Waals surface area (Å²) in [5.41, 5.74) is 0.290. The molecule has 0 amide bonds. The predicted molar refractivity (Wildman–Crippen MR) is 53.2 cm³/mol. The molecule has 0 rings (SSSR count). The first kappa shape index (κ1) is 14.1. The van der Waals surface area contributed by atoms with E-state index in [-0.39, 0.29) is 32.7 Å². The first-order valence-corrected chi connectivity index (χ1v) is 7.79. The molecule has 0 unspecified atom stereocenters. The molecular weight excluding hydrogens is 297 g/mol. The Morgan fingerprint density at radius 1 is 1.50 bits per heavy atom. The van der Waals surface area contributed by atoms with Crippen molar-refractivity contribution in [2.24, 2.45) is 5.92 Å². The Kier molecular flexibility index (Phi) is 5.86. The summed E-state index contributed by atoms with van der Waals surface area (Å²) in [7, 11) is 0. The van der Waals surface area contributed by atoms with Crippen LogP contribution >= 0.6 is 0 Å². The van der Waals surface area contributed by atoms with Crippen LogP contribution in [0.25, 0.3) is 0 Å². The van der Waals surface area contributed by atoms with Crippen molar-refractivity contribution in [1.29, 1.82) is 0 Å². The molecule has 0 aliphatic rings. The van der Waals surface area contributed by atoms with Crippen LogP contribution in [0.5, 0.6) is 0 Å². The molecule has 0 atom stereocenters. The second-order valence-electron chi connectivity index (χ2n) is 3.71. The molecule has 84 valence electrons. The number of alkyl halides is 3. The topological polar surface area (TPSA) is 0 Å². The van der Waals surface area contributed by atoms with Crippen LogP contribution in [0.2, 0.25) is 0 Å². The zero-order valence-electron chi connectivity index (χ0n) is 9.20. The van der Waals surface area contributed by atoms with Crippen LogP contribution in [0.4, 0.5) is 8.78 Å². The number of rotatable bonds is 5. The number of allylic oxidation sites excluding steroid dienone is 3. The first-order chi connectivity index (χ1) is 6.32. The summed E-state index contributed by atoms with van der Waals surface area (Å²) in [5.74, 6) is -2.43. The average Bonchev–Trinajstić information content (AvgIpc) is 2.02. The molecule has 0 bridgehead atoms. The van der Waals surface area contributed by atoms with Crippen LogP contribution in [0, 0.1) is 5.92 Å². The van der Waals surface area contributed by atoms with Crippen LogP contribution in [0.15, 0.2) is 21.8 Å². The molecule has 0 aromatic carbocycles. The molecule has 0 heterocycles. The van der Waals surface area contributed by atoms with Crippen molar-refractivity contribution in [1.82, 2.24) is 0 Å². The van der Waals surface area contributed by atoms with Gasteiger partial charge in [0.2, 0.25) is 0 Å². The Balaban J connectivity index is 5.07. The van der Waals surface area contributed by atoms with Crippen LogP contribution < -0.4 is 21.2 Å². The fourth-order valence-corrected chi connectivity index (χ4v) is 2.99. The third-order valence-electron chi connectivity index (χ3n) is 1.81. The molecule has 0 fully saturated rings. The molecule has 0 nitrogen and oxygen atoms in total. The molecular formula is C11H18F2I-. The normalized spacial score (nSPS) is 14.5. The maximum atomic E-state index is 13.3. The summed E-state index contributed by atoms with van der Waals surface area (Å²) in [5, 5.41) is 0. The number of hydrogen-bond donors (Lipinski definition) is 0. The third kappa shape index (κ3) is 4.53. The molecule has 0 aliphatic heterocycles. The molecule has 0 aliphatic carbocycles. The fourth-order valence-electron chi connectivity index (χ4n) is 1.21. The van der Waals surface area contributed by atoms with Crippen molar-refractivity contribution in [2.45, 2.75) is 33.1 Å². The molecule has 0 spiro atoms. The van der Waals surface area contributed by atoms with E-state index in [1.807, 2.05) is 18.8 Å². The first-order valence-electron chi connectivity index (χ1n) is 4.56. The average molecular weight is 315 g/mol. The van der Waals surface area contributed by atoms with Crippen molar-refractivity contribution < 1.29 is 30.0 Å². The standard InChI is InChI=1S/C11H18F2I/c1-6-10(14-5)9(7-8(2)3)11(4,12)13/h6,8H,1,7H2,2-5H3/q-1/b10-9-. The van der Waals surface area contributed by atoms with Gasteiger partial charge in [-0.2, -0.15) is 0 Å². The Morgan fingerprint density at radius 2 is 2.00 bits per heavy atom. The van der Waals surface area contributed by atoms with Crippen molar-refractivity contribution in [2.75, 3.05) is 4.93 Å². The molecule has 0 radical (unpaired) electrons. The van der Waals surface area contributed by atoms with Gasteiger partial charge in [0.25, 0.3) is 0 Å². The van der Waals surface area contributed by atoms with Gasteiger partial charge in [-0.25, -0.2) is 0 Å². The summed E-state index contributed by atoms with van der Waals surface area (Å²) in [6, 6.07) is 0. The molecule has 0 saturated carbocycles. The minimum atomic E-state index is -2.69. The molecule has 0 aromatic rings. The predicted octanol–water partition coefficient (Wildman–Crippen LogP) is 0.847. The summed E-state index contributed by atoms with van der Waals surface area (Å²) in [4.78, 5) is 1.99. The van der Waals surface area contributed by atoms with E-state index < -0.39 is 5.92 Å². The molecule has 0 saturated heterocycles. The van der Waals surface area contributed by atoms with Crippen LogP contribution in [0.3, 0.4) is 0 Å². The zero-order valence-corrected chi connectivity index (χ0v) is 11.4. The summed E-state index contributed by atoms with van der Waals surface area (Å²) in [6.45, 7) is 8.51. The zero-order chi connectivity index (χ0) is 11.4. The maximum absolute atomic E-state index is 13.3. The van der Waals surface area contributed by atoms with Gasteiger partial charge in [-0.3, -0.25) is 0 Å². The molecule has 3 heteroatoms. The Hall–Kier alpha value is 0.0700. The van der Waals surface area contributed by atoms with Crippen LogP contribution in [-0.4, -0.2) is 10.9 Å². The SMILES string of the molecule is C=C/C([I-]C)=C(\CC(C)C)C(C)(F)F. The summed E-state index contributed by atoms with van der Waals surface area (Å²) in [6.07, 6.45) is 2.07. The Bertz CT molecular complexity index is 224. The van der Waals surface area contributed by atoms with Gasteiger partial charge in [-0.1, -0.05) is 0 Å². The van der Waals surface area contributed by atoms with Crippen LogP contribution in [0.1, 0.15) is 27.2 Å². The van der Waals surface area contributed by atoms with Gasteiger partial charge in [0.15, 0.2) is 0 Å². The van der Waals surface area contributed by atoms with E-state index in [4.69, 9.17) is 0 Å². The van der Waals surface area contributed by atoms with E-state index >= 15 is 0 Å². The quantitative estimate of drug-likeness (QED) is 0.401. The van der Waals surface area contributed by atoms with Crippen molar-refractivity contribution in [3.8, 4) is 0 Å². The van der Waals surface area contributed by atoms with Gasteiger partial charge in [0, 0.05) is 0 Å². The summed E-state index contributed by atoms with van der Waals surface area (Å²) >= 11 is -0.315. The third-order valence-corrected chi connectivity index (χ3v) is 4.07. The van der Waals surface area contributed by atoms with Crippen molar-refractivity contribution in [3.63, 3.8) is 0 Å². The number of halogens is 3. The van der Waals surface area contributed by atoms with Gasteiger partial charge < -0.3 is 0 Å². The van der Waals surface area contributed by atoms with Gasteiger partial charge in [-0.15, -0.1) is 0 Å². The van der Waals surface area contributed by atoms with Gasteiger partial charge in [0.05, 0.1) is 0 Å². The second kappa shape index (κ2) is 5.83. The second-order valence-corrected chi connectivity index (χ2v) is 5.95. The minimum absolute atomic E-state index is 0.265. The van der Waals surface area contributed by atoms with E-state index in [0.29, 0.717) is 6.42 Å². The van der Waals surface area contributed by atoms with Gasteiger partial charge >= 0.3 is 95.8 Å². The van der Waals surface area contributed by atoms with E-state index in [0.717, 1.165) is 10.5 Å². The summed E-state index contributed by atoms with van der Waals surface area (Å²) < 4.78 is 27.4.